The maximum atomic E-state index is 12.4. The molecule has 120 valence electrons. The number of rotatable bonds is 6. The van der Waals surface area contributed by atoms with E-state index in [4.69, 9.17) is 9.47 Å². The smallest absolute Gasteiger partial charge is 0.242 e. The summed E-state index contributed by atoms with van der Waals surface area (Å²) in [7, 11) is -0.766. The maximum Gasteiger partial charge on any atom is 0.242 e. The molecule has 0 bridgehead atoms. The second kappa shape index (κ2) is 6.95. The number of aryl methyl sites for hydroxylation is 1. The number of nitrogens with zero attached hydrogens (tertiary/aromatic N) is 1. The topological polar surface area (TPSA) is 77.5 Å². The molecule has 2 aromatic rings. The minimum Gasteiger partial charge on any atom is -0.493 e. The number of benzene rings is 1. The van der Waals surface area contributed by atoms with Gasteiger partial charge < -0.3 is 9.47 Å². The summed E-state index contributed by atoms with van der Waals surface area (Å²) in [5, 5.41) is 2.71. The van der Waals surface area contributed by atoms with Gasteiger partial charge in [0.2, 0.25) is 10.0 Å². The normalized spacial score (nSPS) is 11.5. The van der Waals surface area contributed by atoms with Crippen molar-refractivity contribution in [3.63, 3.8) is 0 Å². The molecular formula is C13H15BrN2O4S2. The van der Waals surface area contributed by atoms with Gasteiger partial charge in [0, 0.05) is 15.9 Å². The lowest BCUT2D eigenvalue weighted by molar-refractivity contribution is 0.353. The summed E-state index contributed by atoms with van der Waals surface area (Å²) in [6.07, 6.45) is 0. The van der Waals surface area contributed by atoms with Crippen LogP contribution in [0.15, 0.2) is 26.9 Å². The fourth-order valence-electron chi connectivity index (χ4n) is 1.78. The Bertz CT molecular complexity index is 774. The lowest BCUT2D eigenvalue weighted by Crippen LogP contribution is -2.24. The number of halogens is 1. The van der Waals surface area contributed by atoms with Gasteiger partial charge >= 0.3 is 0 Å². The molecule has 0 aliphatic rings. The van der Waals surface area contributed by atoms with Crippen LogP contribution in [0.1, 0.15) is 10.7 Å². The van der Waals surface area contributed by atoms with E-state index in [1.165, 1.54) is 31.6 Å². The van der Waals surface area contributed by atoms with Crippen LogP contribution in [0.5, 0.6) is 11.5 Å². The molecule has 9 heteroatoms. The quantitative estimate of drug-likeness (QED) is 0.797. The van der Waals surface area contributed by atoms with E-state index in [1.54, 1.807) is 6.07 Å². The van der Waals surface area contributed by atoms with Crippen LogP contribution >= 0.6 is 27.3 Å². The van der Waals surface area contributed by atoms with E-state index < -0.39 is 10.0 Å². The van der Waals surface area contributed by atoms with Gasteiger partial charge in [0.15, 0.2) is 11.5 Å². The van der Waals surface area contributed by atoms with Crippen molar-refractivity contribution in [2.45, 2.75) is 18.4 Å². The summed E-state index contributed by atoms with van der Waals surface area (Å²) in [6, 6.07) is 2.97. The Morgan fingerprint density at radius 3 is 2.45 bits per heavy atom. The summed E-state index contributed by atoms with van der Waals surface area (Å²) in [6.45, 7) is 2.00. The average Bonchev–Trinajstić information content (AvgIpc) is 2.90. The van der Waals surface area contributed by atoms with Crippen LogP contribution in [0.25, 0.3) is 0 Å². The van der Waals surface area contributed by atoms with Crippen LogP contribution in [0, 0.1) is 6.92 Å². The molecule has 1 aromatic carbocycles. The third-order valence-corrected chi connectivity index (χ3v) is 6.02. The molecule has 0 spiro atoms. The van der Waals surface area contributed by atoms with Crippen molar-refractivity contribution in [1.82, 2.24) is 9.71 Å². The fourth-order valence-corrected chi connectivity index (χ4v) is 4.42. The van der Waals surface area contributed by atoms with Gasteiger partial charge in [0.05, 0.1) is 31.5 Å². The predicted molar refractivity (Wildman–Crippen MR) is 88.1 cm³/mol. The van der Waals surface area contributed by atoms with E-state index in [-0.39, 0.29) is 11.4 Å². The molecule has 0 amide bonds. The van der Waals surface area contributed by atoms with Gasteiger partial charge in [-0.05, 0) is 28.9 Å². The highest BCUT2D eigenvalue weighted by Gasteiger charge is 2.21. The molecule has 0 saturated carbocycles. The molecule has 0 unspecified atom stereocenters. The second-order valence-electron chi connectivity index (χ2n) is 4.32. The summed E-state index contributed by atoms with van der Waals surface area (Å²) < 4.78 is 38.1. The van der Waals surface area contributed by atoms with E-state index in [0.717, 1.165) is 5.01 Å². The van der Waals surface area contributed by atoms with Crippen LogP contribution in [-0.4, -0.2) is 27.6 Å². The van der Waals surface area contributed by atoms with Crippen molar-refractivity contribution in [2.24, 2.45) is 0 Å². The van der Waals surface area contributed by atoms with Crippen molar-refractivity contribution >= 4 is 37.3 Å². The predicted octanol–water partition coefficient (Wildman–Crippen LogP) is 2.71. The van der Waals surface area contributed by atoms with Crippen molar-refractivity contribution in [2.75, 3.05) is 14.2 Å². The number of methoxy groups -OCH3 is 2. The lowest BCUT2D eigenvalue weighted by atomic mass is 10.3. The Kier molecular flexibility index (Phi) is 5.43. The van der Waals surface area contributed by atoms with Gasteiger partial charge in [-0.3, -0.25) is 0 Å². The summed E-state index contributed by atoms with van der Waals surface area (Å²) >= 11 is 4.72. The van der Waals surface area contributed by atoms with Gasteiger partial charge in [-0.2, -0.15) is 0 Å². The van der Waals surface area contributed by atoms with E-state index in [1.807, 2.05) is 12.3 Å². The zero-order valence-corrected chi connectivity index (χ0v) is 15.4. The summed E-state index contributed by atoms with van der Waals surface area (Å²) in [5.41, 5.74) is 0.683. The van der Waals surface area contributed by atoms with Crippen molar-refractivity contribution in [3.05, 3.63) is 32.7 Å². The summed E-state index contributed by atoms with van der Waals surface area (Å²) in [4.78, 5) is 4.31. The molecule has 0 saturated heterocycles. The number of hydrogen-bond donors (Lipinski definition) is 1. The largest absolute Gasteiger partial charge is 0.493 e. The van der Waals surface area contributed by atoms with Crippen LogP contribution in [0.2, 0.25) is 0 Å². The molecule has 0 radical (unpaired) electrons. The van der Waals surface area contributed by atoms with Gasteiger partial charge in [-0.1, -0.05) is 0 Å². The Balaban J connectivity index is 2.28. The van der Waals surface area contributed by atoms with Crippen LogP contribution < -0.4 is 14.2 Å². The first-order chi connectivity index (χ1) is 10.4. The number of aromatic nitrogens is 1. The molecule has 2 rings (SSSR count). The fraction of sp³-hybridized carbons (Fsp3) is 0.308. The molecule has 1 heterocycles. The zero-order chi connectivity index (χ0) is 16.3. The van der Waals surface area contributed by atoms with Crippen molar-refractivity contribution < 1.29 is 17.9 Å². The van der Waals surface area contributed by atoms with Gasteiger partial charge in [0.25, 0.3) is 0 Å². The minimum absolute atomic E-state index is 0.0806. The Morgan fingerprint density at radius 1 is 1.27 bits per heavy atom. The molecule has 1 N–H and O–H groups in total. The highest BCUT2D eigenvalue weighted by molar-refractivity contribution is 9.10. The number of nitrogens with one attached hydrogen (secondary N) is 1. The minimum atomic E-state index is -3.71. The van der Waals surface area contributed by atoms with Gasteiger partial charge in [-0.15, -0.1) is 11.3 Å². The SMILES string of the molecule is COc1cc(Br)c(S(=O)(=O)NCc2csc(C)n2)cc1OC. The Morgan fingerprint density at radius 2 is 1.91 bits per heavy atom. The first-order valence-electron chi connectivity index (χ1n) is 6.19. The monoisotopic (exact) mass is 406 g/mol. The first kappa shape index (κ1) is 17.2. The van der Waals surface area contributed by atoms with Crippen molar-refractivity contribution in [3.8, 4) is 11.5 Å². The molecular weight excluding hydrogens is 392 g/mol. The molecule has 0 aliphatic carbocycles. The molecule has 0 aliphatic heterocycles. The molecule has 22 heavy (non-hydrogen) atoms. The number of ether oxygens (including phenoxy) is 2. The van der Waals surface area contributed by atoms with Crippen LogP contribution in [0.4, 0.5) is 0 Å². The third-order valence-electron chi connectivity index (χ3n) is 2.84. The summed E-state index contributed by atoms with van der Waals surface area (Å²) in [5.74, 6) is 0.791. The standard InChI is InChI=1S/C13H15BrN2O4S2/c1-8-16-9(7-21-8)6-15-22(17,18)13-5-12(20-3)11(19-2)4-10(13)14/h4-5,7,15H,6H2,1-3H3. The van der Waals surface area contributed by atoms with E-state index in [2.05, 4.69) is 25.6 Å². The first-order valence-corrected chi connectivity index (χ1v) is 9.35. The lowest BCUT2D eigenvalue weighted by Gasteiger charge is -2.12. The Hall–Kier alpha value is -1.16. The third kappa shape index (κ3) is 3.78. The van der Waals surface area contributed by atoms with Crippen LogP contribution in [-0.2, 0) is 16.6 Å². The maximum absolute atomic E-state index is 12.4. The number of thiazole rings is 1. The molecule has 0 atom stereocenters. The van der Waals surface area contributed by atoms with Crippen molar-refractivity contribution in [1.29, 1.82) is 0 Å². The van der Waals surface area contributed by atoms with Crippen LogP contribution in [0.3, 0.4) is 0 Å². The highest BCUT2D eigenvalue weighted by Crippen LogP contribution is 2.35. The highest BCUT2D eigenvalue weighted by atomic mass is 79.9. The van der Waals surface area contributed by atoms with Gasteiger partial charge in [0.1, 0.15) is 4.90 Å². The average molecular weight is 407 g/mol. The second-order valence-corrected chi connectivity index (χ2v) is 7.97. The number of hydrogen-bond acceptors (Lipinski definition) is 6. The van der Waals surface area contributed by atoms with Gasteiger partial charge in [-0.25, -0.2) is 18.1 Å². The van der Waals surface area contributed by atoms with E-state index in [0.29, 0.717) is 21.7 Å². The van der Waals surface area contributed by atoms with E-state index >= 15 is 0 Å². The molecule has 6 nitrogen and oxygen atoms in total. The Labute approximate surface area is 141 Å². The number of sulfonamides is 1. The zero-order valence-electron chi connectivity index (χ0n) is 12.2. The van der Waals surface area contributed by atoms with E-state index in [9.17, 15) is 8.42 Å². The molecule has 0 fully saturated rings. The molecule has 1 aromatic heterocycles.